The molecule has 0 heterocycles. The summed E-state index contributed by atoms with van der Waals surface area (Å²) in [6, 6.07) is 15.3. The Hall–Kier alpha value is -1.91. The van der Waals surface area contributed by atoms with Crippen LogP contribution in [0.2, 0.25) is 5.02 Å². The Morgan fingerprint density at radius 3 is 2.57 bits per heavy atom. The number of hydrogen-bond donors (Lipinski definition) is 1. The Labute approximate surface area is 128 Å². The van der Waals surface area contributed by atoms with Crippen molar-refractivity contribution in [2.24, 2.45) is 0 Å². The monoisotopic (exact) mass is 304 g/mol. The molecule has 0 aliphatic carbocycles. The summed E-state index contributed by atoms with van der Waals surface area (Å²) < 4.78 is 0. The van der Waals surface area contributed by atoms with Crippen LogP contribution in [0, 0.1) is 10.1 Å². The smallest absolute Gasteiger partial charge is 0.288 e. The van der Waals surface area contributed by atoms with Crippen molar-refractivity contribution >= 4 is 17.3 Å². The third-order valence-corrected chi connectivity index (χ3v) is 3.69. The first-order valence-electron chi connectivity index (χ1n) is 6.83. The van der Waals surface area contributed by atoms with Crippen molar-refractivity contribution in [3.63, 3.8) is 0 Å². The molecular weight excluding hydrogens is 288 g/mol. The maximum Gasteiger partial charge on any atom is 0.288 e. The predicted molar refractivity (Wildman–Crippen MR) is 84.4 cm³/mol. The van der Waals surface area contributed by atoms with E-state index in [-0.39, 0.29) is 16.8 Å². The van der Waals surface area contributed by atoms with Crippen LogP contribution >= 0.6 is 11.6 Å². The minimum Gasteiger partial charge on any atom is -0.306 e. The molecule has 0 spiro atoms. The lowest BCUT2D eigenvalue weighted by atomic mass is 10.0. The van der Waals surface area contributed by atoms with Crippen molar-refractivity contribution in [2.45, 2.75) is 25.9 Å². The summed E-state index contributed by atoms with van der Waals surface area (Å²) >= 11 is 5.82. The van der Waals surface area contributed by atoms with Crippen molar-refractivity contribution < 1.29 is 4.92 Å². The fourth-order valence-corrected chi connectivity index (χ4v) is 2.42. The number of nitrogens with zero attached hydrogens (tertiary/aromatic N) is 1. The van der Waals surface area contributed by atoms with E-state index in [0.717, 1.165) is 12.0 Å². The molecule has 0 aliphatic rings. The molecule has 0 aliphatic heterocycles. The van der Waals surface area contributed by atoms with Gasteiger partial charge in [-0.2, -0.15) is 0 Å². The first-order valence-corrected chi connectivity index (χ1v) is 7.20. The first-order chi connectivity index (χ1) is 10.1. The highest BCUT2D eigenvalue weighted by Gasteiger charge is 2.14. The summed E-state index contributed by atoms with van der Waals surface area (Å²) in [5.74, 6) is 0. The molecule has 0 aromatic heterocycles. The Bertz CT molecular complexity index is 617. The average Bonchev–Trinajstić information content (AvgIpc) is 2.50. The fourth-order valence-electron chi connectivity index (χ4n) is 2.23. The summed E-state index contributed by atoms with van der Waals surface area (Å²) in [5, 5.41) is 14.5. The topological polar surface area (TPSA) is 55.2 Å². The van der Waals surface area contributed by atoms with Crippen LogP contribution in [0.3, 0.4) is 0 Å². The lowest BCUT2D eigenvalue weighted by molar-refractivity contribution is -0.384. The highest BCUT2D eigenvalue weighted by atomic mass is 35.5. The van der Waals surface area contributed by atoms with Crippen molar-refractivity contribution in [1.29, 1.82) is 0 Å². The van der Waals surface area contributed by atoms with Crippen molar-refractivity contribution in [3.8, 4) is 0 Å². The largest absolute Gasteiger partial charge is 0.306 e. The van der Waals surface area contributed by atoms with Gasteiger partial charge in [0.15, 0.2) is 0 Å². The van der Waals surface area contributed by atoms with E-state index in [9.17, 15) is 10.1 Å². The second-order valence-electron chi connectivity index (χ2n) is 4.80. The van der Waals surface area contributed by atoms with E-state index >= 15 is 0 Å². The van der Waals surface area contributed by atoms with Crippen LogP contribution in [0.1, 0.15) is 30.5 Å². The molecule has 0 fully saturated rings. The van der Waals surface area contributed by atoms with E-state index < -0.39 is 4.92 Å². The zero-order valence-corrected chi connectivity index (χ0v) is 12.5. The molecule has 0 saturated heterocycles. The van der Waals surface area contributed by atoms with Crippen molar-refractivity contribution in [1.82, 2.24) is 5.32 Å². The summed E-state index contributed by atoms with van der Waals surface area (Å²) in [4.78, 5) is 10.4. The normalized spacial score (nSPS) is 12.1. The van der Waals surface area contributed by atoms with Crippen molar-refractivity contribution in [2.75, 3.05) is 0 Å². The van der Waals surface area contributed by atoms with Gasteiger partial charge < -0.3 is 5.32 Å². The Morgan fingerprint density at radius 2 is 1.95 bits per heavy atom. The number of halogens is 1. The third-order valence-electron chi connectivity index (χ3n) is 3.37. The highest BCUT2D eigenvalue weighted by Crippen LogP contribution is 2.25. The Kier molecular flexibility index (Phi) is 5.31. The minimum atomic E-state index is -0.458. The summed E-state index contributed by atoms with van der Waals surface area (Å²) in [6.07, 6.45) is 0.944. The zero-order chi connectivity index (χ0) is 15.2. The lowest BCUT2D eigenvalue weighted by Crippen LogP contribution is -2.20. The quantitative estimate of drug-likeness (QED) is 0.632. The third kappa shape index (κ3) is 4.03. The second-order valence-corrected chi connectivity index (χ2v) is 5.20. The average molecular weight is 305 g/mol. The molecule has 2 aromatic rings. The predicted octanol–water partition coefficient (Wildman–Crippen LogP) is 4.49. The minimum absolute atomic E-state index is 0.0521. The number of benzene rings is 2. The van der Waals surface area contributed by atoms with Crippen LogP contribution in [-0.2, 0) is 6.54 Å². The van der Waals surface area contributed by atoms with Crippen LogP contribution in [0.25, 0.3) is 0 Å². The molecule has 2 aromatic carbocycles. The molecule has 0 saturated carbocycles. The van der Waals surface area contributed by atoms with Gasteiger partial charge in [-0.25, -0.2) is 0 Å². The zero-order valence-electron chi connectivity index (χ0n) is 11.8. The highest BCUT2D eigenvalue weighted by molar-refractivity contribution is 6.32. The number of rotatable bonds is 6. The van der Waals surface area contributed by atoms with E-state index in [1.807, 2.05) is 18.2 Å². The van der Waals surface area contributed by atoms with Gasteiger partial charge in [-0.3, -0.25) is 10.1 Å². The van der Waals surface area contributed by atoms with E-state index in [0.29, 0.717) is 6.54 Å². The van der Waals surface area contributed by atoms with Crippen LogP contribution in [-0.4, -0.2) is 4.92 Å². The summed E-state index contributed by atoms with van der Waals surface area (Å²) in [5.41, 5.74) is 2.01. The van der Waals surface area contributed by atoms with Crippen LogP contribution in [0.5, 0.6) is 0 Å². The van der Waals surface area contributed by atoms with Gasteiger partial charge in [0.25, 0.3) is 5.69 Å². The molecule has 4 nitrogen and oxygen atoms in total. The van der Waals surface area contributed by atoms with Gasteiger partial charge >= 0.3 is 0 Å². The Morgan fingerprint density at radius 1 is 1.24 bits per heavy atom. The first kappa shape index (κ1) is 15.5. The van der Waals surface area contributed by atoms with Crippen LogP contribution in [0.4, 0.5) is 5.69 Å². The van der Waals surface area contributed by atoms with Crippen LogP contribution < -0.4 is 5.32 Å². The molecule has 2 rings (SSSR count). The van der Waals surface area contributed by atoms with Crippen LogP contribution in [0.15, 0.2) is 48.5 Å². The van der Waals surface area contributed by atoms with Gasteiger partial charge in [-0.05, 0) is 23.6 Å². The molecule has 0 bridgehead atoms. The molecule has 0 amide bonds. The number of nitro benzene ring substituents is 1. The number of hydrogen-bond acceptors (Lipinski definition) is 3. The number of nitrogens with one attached hydrogen (secondary N) is 1. The SMILES string of the molecule is CCC(NCc1ccc(Cl)c([N+](=O)[O-])c1)c1ccccc1. The molecule has 110 valence electrons. The molecule has 1 N–H and O–H groups in total. The van der Waals surface area contributed by atoms with Gasteiger partial charge in [-0.1, -0.05) is 54.9 Å². The molecule has 5 heteroatoms. The van der Waals surface area contributed by atoms with E-state index in [1.54, 1.807) is 12.1 Å². The molecule has 0 radical (unpaired) electrons. The number of nitro groups is 1. The lowest BCUT2D eigenvalue weighted by Gasteiger charge is -2.17. The molecular formula is C16H17ClN2O2. The standard InChI is InChI=1S/C16H17ClN2O2/c1-2-15(13-6-4-3-5-7-13)18-11-12-8-9-14(17)16(10-12)19(20)21/h3-10,15,18H,2,11H2,1H3. The molecule has 1 unspecified atom stereocenters. The summed E-state index contributed by atoms with van der Waals surface area (Å²) in [7, 11) is 0. The van der Waals surface area contributed by atoms with Crippen molar-refractivity contribution in [3.05, 3.63) is 74.8 Å². The van der Waals surface area contributed by atoms with E-state index in [2.05, 4.69) is 24.4 Å². The van der Waals surface area contributed by atoms with E-state index in [4.69, 9.17) is 11.6 Å². The van der Waals surface area contributed by atoms with Gasteiger partial charge in [0.2, 0.25) is 0 Å². The van der Waals surface area contributed by atoms with Gasteiger partial charge in [-0.15, -0.1) is 0 Å². The van der Waals surface area contributed by atoms with Gasteiger partial charge in [0.1, 0.15) is 5.02 Å². The second kappa shape index (κ2) is 7.20. The van der Waals surface area contributed by atoms with E-state index in [1.165, 1.54) is 11.6 Å². The Balaban J connectivity index is 2.08. The summed E-state index contributed by atoms with van der Waals surface area (Å²) in [6.45, 7) is 2.67. The maximum absolute atomic E-state index is 10.9. The fraction of sp³-hybridized carbons (Fsp3) is 0.250. The maximum atomic E-state index is 10.9. The molecule has 1 atom stereocenters. The van der Waals surface area contributed by atoms with Gasteiger partial charge in [0, 0.05) is 18.7 Å². The van der Waals surface area contributed by atoms with Gasteiger partial charge in [0.05, 0.1) is 4.92 Å². The molecule has 21 heavy (non-hydrogen) atoms.